The first-order valence-electron chi connectivity index (χ1n) is 7.32. The quantitative estimate of drug-likeness (QED) is 0.854. The van der Waals surface area contributed by atoms with E-state index < -0.39 is 0 Å². The van der Waals surface area contributed by atoms with Crippen LogP contribution in [-0.2, 0) is 0 Å². The molecule has 2 heteroatoms. The summed E-state index contributed by atoms with van der Waals surface area (Å²) in [6.07, 6.45) is 1.10. The molecule has 0 aliphatic rings. The van der Waals surface area contributed by atoms with E-state index in [1.807, 2.05) is 7.05 Å². The lowest BCUT2D eigenvalue weighted by atomic mass is 9.86. The molecule has 0 radical (unpaired) electrons. The molecule has 0 aromatic heterocycles. The maximum Gasteiger partial charge on any atom is 0.0414 e. The molecule has 1 N–H and O–H groups in total. The van der Waals surface area contributed by atoms with Crippen LogP contribution in [0.3, 0.4) is 0 Å². The first-order chi connectivity index (χ1) is 8.82. The number of nitrogens with zero attached hydrogens (tertiary/aromatic N) is 1. The van der Waals surface area contributed by atoms with Gasteiger partial charge in [0.05, 0.1) is 0 Å². The Morgan fingerprint density at radius 2 is 1.79 bits per heavy atom. The maximum absolute atomic E-state index is 3.41. The van der Waals surface area contributed by atoms with E-state index in [0.29, 0.717) is 12.1 Å². The zero-order valence-electron chi connectivity index (χ0n) is 13.6. The van der Waals surface area contributed by atoms with Crippen LogP contribution in [0.4, 0.5) is 5.69 Å². The summed E-state index contributed by atoms with van der Waals surface area (Å²) < 4.78 is 0. The second-order valence-corrected chi connectivity index (χ2v) is 6.46. The molecule has 0 bridgehead atoms. The van der Waals surface area contributed by atoms with Gasteiger partial charge in [0.1, 0.15) is 0 Å². The van der Waals surface area contributed by atoms with Gasteiger partial charge in [-0.05, 0) is 37.4 Å². The Balaban J connectivity index is 3.13. The molecular formula is C17H30N2. The highest BCUT2D eigenvalue weighted by Gasteiger charge is 2.26. The zero-order chi connectivity index (χ0) is 14.6. The number of para-hydroxylation sites is 1. The van der Waals surface area contributed by atoms with Gasteiger partial charge in [-0.2, -0.15) is 0 Å². The number of hydrogen-bond donors (Lipinski definition) is 1. The lowest BCUT2D eigenvalue weighted by molar-refractivity contribution is 0.329. The fourth-order valence-electron chi connectivity index (χ4n) is 2.47. The number of nitrogens with one attached hydrogen (secondary N) is 1. The Labute approximate surface area is 119 Å². The highest BCUT2D eigenvalue weighted by molar-refractivity contribution is 5.55. The largest absolute Gasteiger partial charge is 0.371 e. The monoisotopic (exact) mass is 262 g/mol. The smallest absolute Gasteiger partial charge is 0.0414 e. The first-order valence-corrected chi connectivity index (χ1v) is 7.32. The molecule has 0 aliphatic carbocycles. The van der Waals surface area contributed by atoms with Gasteiger partial charge in [0.25, 0.3) is 0 Å². The van der Waals surface area contributed by atoms with Crippen LogP contribution in [0.5, 0.6) is 0 Å². The van der Waals surface area contributed by atoms with Crippen LogP contribution in [0.15, 0.2) is 24.3 Å². The molecule has 0 aliphatic heterocycles. The molecule has 0 saturated carbocycles. The van der Waals surface area contributed by atoms with Crippen molar-refractivity contribution in [1.29, 1.82) is 0 Å². The van der Waals surface area contributed by atoms with Crippen molar-refractivity contribution in [2.24, 2.45) is 5.41 Å². The summed E-state index contributed by atoms with van der Waals surface area (Å²) in [5, 5.41) is 3.41. The van der Waals surface area contributed by atoms with Gasteiger partial charge in [-0.1, -0.05) is 45.9 Å². The summed E-state index contributed by atoms with van der Waals surface area (Å²) in [6, 6.07) is 9.65. The summed E-state index contributed by atoms with van der Waals surface area (Å²) in [4.78, 5) is 2.41. The molecule has 108 valence electrons. The van der Waals surface area contributed by atoms with E-state index >= 15 is 0 Å². The summed E-state index contributed by atoms with van der Waals surface area (Å²) in [7, 11) is 4.25. The molecule has 2 nitrogen and oxygen atoms in total. The van der Waals surface area contributed by atoms with Crippen molar-refractivity contribution in [3.8, 4) is 0 Å². The second kappa shape index (κ2) is 6.42. The average Bonchev–Trinajstić information content (AvgIpc) is 2.38. The van der Waals surface area contributed by atoms with Crippen molar-refractivity contribution >= 4 is 5.69 Å². The van der Waals surface area contributed by atoms with Gasteiger partial charge in [0.15, 0.2) is 0 Å². The van der Waals surface area contributed by atoms with Crippen molar-refractivity contribution < 1.29 is 0 Å². The predicted octanol–water partition coefficient (Wildman–Crippen LogP) is 4.23. The van der Waals surface area contributed by atoms with E-state index in [2.05, 4.69) is 76.1 Å². The van der Waals surface area contributed by atoms with Crippen LogP contribution in [0.2, 0.25) is 0 Å². The Morgan fingerprint density at radius 1 is 1.21 bits per heavy atom. The van der Waals surface area contributed by atoms with Gasteiger partial charge in [0.2, 0.25) is 0 Å². The SMILES string of the molecule is CCC(NC)c1ccccc1N(C)C(C)C(C)(C)C. The molecule has 1 rings (SSSR count). The third-order valence-corrected chi connectivity index (χ3v) is 4.28. The highest BCUT2D eigenvalue weighted by atomic mass is 15.1. The van der Waals surface area contributed by atoms with Crippen LogP contribution >= 0.6 is 0 Å². The van der Waals surface area contributed by atoms with Crippen LogP contribution in [0, 0.1) is 5.41 Å². The van der Waals surface area contributed by atoms with Crippen molar-refractivity contribution in [3.05, 3.63) is 29.8 Å². The van der Waals surface area contributed by atoms with Crippen molar-refractivity contribution in [1.82, 2.24) is 5.32 Å². The van der Waals surface area contributed by atoms with Gasteiger partial charge in [-0.15, -0.1) is 0 Å². The fourth-order valence-corrected chi connectivity index (χ4v) is 2.47. The van der Waals surface area contributed by atoms with Gasteiger partial charge < -0.3 is 10.2 Å². The summed E-state index contributed by atoms with van der Waals surface area (Å²) in [5.41, 5.74) is 3.00. The van der Waals surface area contributed by atoms with Gasteiger partial charge in [0, 0.05) is 24.8 Å². The van der Waals surface area contributed by atoms with Gasteiger partial charge in [-0.25, -0.2) is 0 Å². The Kier molecular flexibility index (Phi) is 5.42. The second-order valence-electron chi connectivity index (χ2n) is 6.46. The third kappa shape index (κ3) is 3.73. The molecular weight excluding hydrogens is 232 g/mol. The highest BCUT2D eigenvalue weighted by Crippen LogP contribution is 2.32. The third-order valence-electron chi connectivity index (χ3n) is 4.28. The Morgan fingerprint density at radius 3 is 2.26 bits per heavy atom. The van der Waals surface area contributed by atoms with E-state index in [4.69, 9.17) is 0 Å². The lowest BCUT2D eigenvalue weighted by Gasteiger charge is -2.38. The molecule has 2 atom stereocenters. The molecule has 0 amide bonds. The normalized spacial score (nSPS) is 15.1. The van der Waals surface area contributed by atoms with Crippen LogP contribution < -0.4 is 10.2 Å². The van der Waals surface area contributed by atoms with Gasteiger partial charge >= 0.3 is 0 Å². The molecule has 1 aromatic rings. The molecule has 19 heavy (non-hydrogen) atoms. The minimum atomic E-state index is 0.267. The topological polar surface area (TPSA) is 15.3 Å². The average molecular weight is 262 g/mol. The zero-order valence-corrected chi connectivity index (χ0v) is 13.6. The molecule has 0 fully saturated rings. The van der Waals surface area contributed by atoms with Crippen molar-refractivity contribution in [3.63, 3.8) is 0 Å². The Bertz CT molecular complexity index is 388. The fraction of sp³-hybridized carbons (Fsp3) is 0.647. The predicted molar refractivity (Wildman–Crippen MR) is 85.9 cm³/mol. The number of hydrogen-bond acceptors (Lipinski definition) is 2. The molecule has 0 saturated heterocycles. The number of rotatable bonds is 5. The standard InChI is InChI=1S/C17H30N2/c1-8-15(18-6)14-11-9-10-12-16(14)19(7)13(2)17(3,4)5/h9-13,15,18H,8H2,1-7H3. The van der Waals surface area contributed by atoms with Crippen LogP contribution in [0.25, 0.3) is 0 Å². The Hall–Kier alpha value is -1.02. The van der Waals surface area contributed by atoms with E-state index in [0.717, 1.165) is 6.42 Å². The maximum atomic E-state index is 3.41. The summed E-state index contributed by atoms with van der Waals surface area (Å²) >= 11 is 0. The van der Waals surface area contributed by atoms with Crippen LogP contribution in [0.1, 0.15) is 52.6 Å². The number of anilines is 1. The molecule has 2 unspecified atom stereocenters. The van der Waals surface area contributed by atoms with Crippen molar-refractivity contribution in [2.45, 2.75) is 53.1 Å². The number of benzene rings is 1. The minimum Gasteiger partial charge on any atom is -0.371 e. The summed E-state index contributed by atoms with van der Waals surface area (Å²) in [5.74, 6) is 0. The van der Waals surface area contributed by atoms with E-state index in [1.165, 1.54) is 11.3 Å². The summed E-state index contributed by atoms with van der Waals surface area (Å²) in [6.45, 7) is 11.4. The van der Waals surface area contributed by atoms with Crippen molar-refractivity contribution in [2.75, 3.05) is 19.0 Å². The molecule has 0 spiro atoms. The lowest BCUT2D eigenvalue weighted by Crippen LogP contribution is -2.40. The first kappa shape index (κ1) is 16.0. The molecule has 0 heterocycles. The van der Waals surface area contributed by atoms with Gasteiger partial charge in [-0.3, -0.25) is 0 Å². The van der Waals surface area contributed by atoms with E-state index in [9.17, 15) is 0 Å². The van der Waals surface area contributed by atoms with Crippen LogP contribution in [-0.4, -0.2) is 20.1 Å². The minimum absolute atomic E-state index is 0.267. The molecule has 1 aromatic carbocycles. The van der Waals surface area contributed by atoms with E-state index in [1.54, 1.807) is 0 Å². The van der Waals surface area contributed by atoms with E-state index in [-0.39, 0.29) is 5.41 Å².